The molecule has 0 radical (unpaired) electrons. The molecule has 1 unspecified atom stereocenters. The monoisotopic (exact) mass is 361 g/mol. The highest BCUT2D eigenvalue weighted by molar-refractivity contribution is 7.25. The quantitative estimate of drug-likeness (QED) is 0.604. The molecule has 1 heterocycles. The van der Waals surface area contributed by atoms with Gasteiger partial charge in [0.25, 0.3) is 0 Å². The zero-order chi connectivity index (χ0) is 17.3. The molecule has 3 nitrogen and oxygen atoms in total. The summed E-state index contributed by atoms with van der Waals surface area (Å²) < 4.78 is 7.73. The molecule has 0 spiro atoms. The summed E-state index contributed by atoms with van der Waals surface area (Å²) in [4.78, 5) is 14.2. The van der Waals surface area contributed by atoms with E-state index in [-0.39, 0.29) is 11.9 Å². The van der Waals surface area contributed by atoms with Crippen LogP contribution in [0.15, 0.2) is 36.4 Å². The molecule has 24 heavy (non-hydrogen) atoms. The Hall–Kier alpha value is -1.62. The molecular weight excluding hydrogens is 342 g/mol. The van der Waals surface area contributed by atoms with Crippen molar-refractivity contribution in [2.24, 2.45) is 0 Å². The van der Waals surface area contributed by atoms with Crippen LogP contribution in [0.1, 0.15) is 18.4 Å². The lowest BCUT2D eigenvalue weighted by Gasteiger charge is -2.14. The Kier molecular flexibility index (Phi) is 5.09. The molecule has 0 aliphatic heterocycles. The van der Waals surface area contributed by atoms with E-state index in [1.54, 1.807) is 11.3 Å². The van der Waals surface area contributed by atoms with Gasteiger partial charge in [0.1, 0.15) is 6.61 Å². The van der Waals surface area contributed by atoms with Crippen LogP contribution in [-0.4, -0.2) is 38.1 Å². The average Bonchev–Trinajstić information content (AvgIpc) is 2.90. The highest BCUT2D eigenvalue weighted by atomic mass is 35.5. The van der Waals surface area contributed by atoms with E-state index in [0.717, 1.165) is 27.2 Å². The van der Waals surface area contributed by atoms with E-state index in [9.17, 15) is 4.79 Å². The molecular formula is C19H20ClNO2S. The van der Waals surface area contributed by atoms with Gasteiger partial charge in [0.05, 0.1) is 5.92 Å². The lowest BCUT2D eigenvalue weighted by molar-refractivity contribution is -0.145. The molecule has 0 aliphatic rings. The van der Waals surface area contributed by atoms with Crippen LogP contribution in [0.5, 0.6) is 0 Å². The van der Waals surface area contributed by atoms with Gasteiger partial charge in [0.15, 0.2) is 0 Å². The van der Waals surface area contributed by atoms with Crippen molar-refractivity contribution in [1.82, 2.24) is 4.90 Å². The second-order valence-corrected chi connectivity index (χ2v) is 7.71. The molecule has 5 heteroatoms. The molecule has 0 aliphatic carbocycles. The number of hydrogen-bond acceptors (Lipinski definition) is 4. The molecule has 0 saturated heterocycles. The van der Waals surface area contributed by atoms with Crippen molar-refractivity contribution in [2.75, 3.05) is 27.2 Å². The van der Waals surface area contributed by atoms with Crippen LogP contribution < -0.4 is 0 Å². The van der Waals surface area contributed by atoms with Gasteiger partial charge in [-0.05, 0) is 50.8 Å². The van der Waals surface area contributed by atoms with Crippen LogP contribution in [0.3, 0.4) is 0 Å². The number of esters is 1. The van der Waals surface area contributed by atoms with Crippen molar-refractivity contribution in [3.8, 4) is 0 Å². The fourth-order valence-electron chi connectivity index (χ4n) is 2.63. The molecule has 126 valence electrons. The van der Waals surface area contributed by atoms with Gasteiger partial charge in [-0.15, -0.1) is 11.3 Å². The number of ether oxygens (including phenoxy) is 1. The van der Waals surface area contributed by atoms with Crippen LogP contribution in [0, 0.1) is 0 Å². The Balaban J connectivity index is 1.84. The van der Waals surface area contributed by atoms with E-state index < -0.39 is 0 Å². The number of thiophene rings is 1. The van der Waals surface area contributed by atoms with Crippen molar-refractivity contribution in [1.29, 1.82) is 0 Å². The van der Waals surface area contributed by atoms with Gasteiger partial charge in [0.2, 0.25) is 0 Å². The van der Waals surface area contributed by atoms with Crippen molar-refractivity contribution < 1.29 is 9.53 Å². The summed E-state index contributed by atoms with van der Waals surface area (Å²) >= 11 is 7.83. The predicted octanol–water partition coefficient (Wildman–Crippen LogP) is 4.92. The summed E-state index contributed by atoms with van der Waals surface area (Å²) in [6.07, 6.45) is 0. The Bertz CT molecular complexity index is 888. The van der Waals surface area contributed by atoms with E-state index in [1.165, 1.54) is 10.1 Å². The standard InChI is InChI=1S/C19H20ClNO2S/c1-12(19(22)23-9-8-21(2)3)13-4-6-15-16-11-14(20)5-7-17(16)24-18(15)10-13/h4-7,10-12H,8-9H2,1-3H3. The first-order chi connectivity index (χ1) is 11.5. The molecule has 3 aromatic rings. The van der Waals surface area contributed by atoms with Crippen LogP contribution in [0.2, 0.25) is 5.02 Å². The van der Waals surface area contributed by atoms with Crippen LogP contribution in [0.25, 0.3) is 20.2 Å². The number of halogens is 1. The molecule has 3 rings (SSSR count). The topological polar surface area (TPSA) is 29.5 Å². The molecule has 0 fully saturated rings. The molecule has 1 aromatic heterocycles. The van der Waals surface area contributed by atoms with Crippen molar-refractivity contribution in [2.45, 2.75) is 12.8 Å². The molecule has 1 atom stereocenters. The average molecular weight is 362 g/mol. The third-order valence-corrected chi connectivity index (χ3v) is 5.46. The second kappa shape index (κ2) is 7.09. The van der Waals surface area contributed by atoms with E-state index >= 15 is 0 Å². The van der Waals surface area contributed by atoms with Crippen molar-refractivity contribution in [3.05, 3.63) is 47.0 Å². The second-order valence-electron chi connectivity index (χ2n) is 6.19. The first-order valence-electron chi connectivity index (χ1n) is 7.89. The van der Waals surface area contributed by atoms with Crippen LogP contribution in [-0.2, 0) is 9.53 Å². The number of likely N-dealkylation sites (N-methyl/N-ethyl adjacent to an activating group) is 1. The number of carbonyl (C=O) groups excluding carboxylic acids is 1. The van der Waals surface area contributed by atoms with E-state index in [2.05, 4.69) is 12.1 Å². The summed E-state index contributed by atoms with van der Waals surface area (Å²) in [5, 5.41) is 3.08. The van der Waals surface area contributed by atoms with Gasteiger partial charge in [-0.2, -0.15) is 0 Å². The maximum atomic E-state index is 12.2. The lowest BCUT2D eigenvalue weighted by Crippen LogP contribution is -2.22. The molecule has 0 amide bonds. The van der Waals surface area contributed by atoms with E-state index in [0.29, 0.717) is 6.61 Å². The number of rotatable bonds is 5. The minimum atomic E-state index is -0.273. The Morgan fingerprint density at radius 3 is 2.71 bits per heavy atom. The number of nitrogens with zero attached hydrogens (tertiary/aromatic N) is 1. The fourth-order valence-corrected chi connectivity index (χ4v) is 3.93. The summed E-state index contributed by atoms with van der Waals surface area (Å²) in [5.74, 6) is -0.453. The summed E-state index contributed by atoms with van der Waals surface area (Å²) in [7, 11) is 3.91. The number of benzene rings is 2. The van der Waals surface area contributed by atoms with Gasteiger partial charge in [-0.1, -0.05) is 23.7 Å². The van der Waals surface area contributed by atoms with Gasteiger partial charge in [0, 0.05) is 31.7 Å². The number of carbonyl (C=O) groups is 1. The first kappa shape index (κ1) is 17.2. The zero-order valence-corrected chi connectivity index (χ0v) is 15.6. The lowest BCUT2D eigenvalue weighted by atomic mass is 10.00. The molecule has 0 N–H and O–H groups in total. The van der Waals surface area contributed by atoms with Gasteiger partial charge < -0.3 is 9.64 Å². The van der Waals surface area contributed by atoms with Gasteiger partial charge >= 0.3 is 5.97 Å². The minimum Gasteiger partial charge on any atom is -0.464 e. The third kappa shape index (κ3) is 3.56. The summed E-state index contributed by atoms with van der Waals surface area (Å²) in [6, 6.07) is 12.1. The first-order valence-corrected chi connectivity index (χ1v) is 9.08. The molecule has 0 bridgehead atoms. The van der Waals surface area contributed by atoms with Gasteiger partial charge in [-0.3, -0.25) is 4.79 Å². The smallest absolute Gasteiger partial charge is 0.313 e. The van der Waals surface area contributed by atoms with Crippen molar-refractivity contribution in [3.63, 3.8) is 0 Å². The number of hydrogen-bond donors (Lipinski definition) is 0. The molecule has 2 aromatic carbocycles. The van der Waals surface area contributed by atoms with Crippen LogP contribution >= 0.6 is 22.9 Å². The maximum absolute atomic E-state index is 12.2. The van der Waals surface area contributed by atoms with E-state index in [1.807, 2.05) is 50.2 Å². The largest absolute Gasteiger partial charge is 0.464 e. The Morgan fingerprint density at radius 2 is 1.96 bits per heavy atom. The van der Waals surface area contributed by atoms with Gasteiger partial charge in [-0.25, -0.2) is 0 Å². The van der Waals surface area contributed by atoms with Crippen molar-refractivity contribution >= 4 is 49.1 Å². The highest BCUT2D eigenvalue weighted by Crippen LogP contribution is 2.36. The maximum Gasteiger partial charge on any atom is 0.313 e. The zero-order valence-electron chi connectivity index (χ0n) is 14.0. The van der Waals surface area contributed by atoms with E-state index in [4.69, 9.17) is 16.3 Å². The molecule has 0 saturated carbocycles. The number of fused-ring (bicyclic) bond motifs is 3. The normalized spacial score (nSPS) is 12.9. The summed E-state index contributed by atoms with van der Waals surface area (Å²) in [6.45, 7) is 3.04. The fraction of sp³-hybridized carbons (Fsp3) is 0.316. The Morgan fingerprint density at radius 1 is 1.17 bits per heavy atom. The Labute approximate surface area is 150 Å². The van der Waals surface area contributed by atoms with Crippen LogP contribution in [0.4, 0.5) is 0 Å². The minimum absolute atomic E-state index is 0.180. The predicted molar refractivity (Wildman–Crippen MR) is 102 cm³/mol. The SMILES string of the molecule is CC(C(=O)OCCN(C)C)c1ccc2c(c1)sc1ccc(Cl)cc12. The third-order valence-electron chi connectivity index (χ3n) is 4.09. The highest BCUT2D eigenvalue weighted by Gasteiger charge is 2.18. The summed E-state index contributed by atoms with van der Waals surface area (Å²) in [5.41, 5.74) is 0.981.